The highest BCUT2D eigenvalue weighted by atomic mass is 32.2. The molecule has 0 spiro atoms. The molecule has 0 radical (unpaired) electrons. The maximum atomic E-state index is 13.0. The van der Waals surface area contributed by atoms with Gasteiger partial charge in [0, 0.05) is 12.6 Å². The minimum atomic E-state index is -3.77. The Bertz CT molecular complexity index is 1080. The van der Waals surface area contributed by atoms with Gasteiger partial charge >= 0.3 is 6.03 Å². The summed E-state index contributed by atoms with van der Waals surface area (Å²) in [4.78, 5) is 23.3. The maximum Gasteiger partial charge on any atom is 0.322 e. The summed E-state index contributed by atoms with van der Waals surface area (Å²) in [7, 11) is -3.77. The molecule has 3 amide bonds. The first kappa shape index (κ1) is 21.2. The Kier molecular flexibility index (Phi) is 5.90. The number of nitrogens with zero attached hydrogens (tertiary/aromatic N) is 1. The van der Waals surface area contributed by atoms with E-state index in [1.54, 1.807) is 0 Å². The summed E-state index contributed by atoms with van der Waals surface area (Å²) in [6.07, 6.45) is 1.07. The molecule has 2 aliphatic rings. The Hall–Kier alpha value is -3.02. The number of rotatable bonds is 5. The van der Waals surface area contributed by atoms with Gasteiger partial charge in [0.15, 0.2) is 0 Å². The molecule has 31 heavy (non-hydrogen) atoms. The average molecular weight is 448 g/mol. The van der Waals surface area contributed by atoms with Gasteiger partial charge in [-0.15, -0.1) is 0 Å². The first-order valence-corrected chi connectivity index (χ1v) is 11.2. The van der Waals surface area contributed by atoms with E-state index in [9.17, 15) is 22.4 Å². The van der Waals surface area contributed by atoms with Crippen LogP contribution in [0.15, 0.2) is 53.4 Å². The van der Waals surface area contributed by atoms with Crippen LogP contribution in [-0.2, 0) is 14.8 Å². The fourth-order valence-electron chi connectivity index (χ4n) is 3.56. The molecule has 0 aliphatic carbocycles. The summed E-state index contributed by atoms with van der Waals surface area (Å²) in [6.45, 7) is 0.294. The van der Waals surface area contributed by atoms with E-state index in [4.69, 9.17) is 4.74 Å². The van der Waals surface area contributed by atoms with Crippen molar-refractivity contribution in [1.29, 1.82) is 0 Å². The van der Waals surface area contributed by atoms with Crippen molar-refractivity contribution in [3.63, 3.8) is 0 Å². The van der Waals surface area contributed by atoms with Crippen LogP contribution in [0.4, 0.5) is 9.18 Å². The molecule has 4 rings (SSSR count). The van der Waals surface area contributed by atoms with Crippen molar-refractivity contribution in [1.82, 2.24) is 20.3 Å². The molecule has 2 saturated heterocycles. The van der Waals surface area contributed by atoms with Crippen LogP contribution in [0.25, 0.3) is 0 Å². The van der Waals surface area contributed by atoms with Crippen LogP contribution < -0.4 is 20.7 Å². The average Bonchev–Trinajstić information content (AvgIpc) is 2.93. The van der Waals surface area contributed by atoms with Crippen LogP contribution in [0, 0.1) is 5.82 Å². The Morgan fingerprint density at radius 3 is 2.26 bits per heavy atom. The fourth-order valence-corrected chi connectivity index (χ4v) is 4.95. The summed E-state index contributed by atoms with van der Waals surface area (Å²) in [5.74, 6) is 0.0546. The molecule has 2 aromatic rings. The second kappa shape index (κ2) is 8.61. The molecule has 2 atom stereocenters. The van der Waals surface area contributed by atoms with Crippen molar-refractivity contribution in [2.24, 2.45) is 0 Å². The molecule has 164 valence electrons. The normalized spacial score (nSPS) is 22.5. The highest BCUT2D eigenvalue weighted by molar-refractivity contribution is 7.89. The van der Waals surface area contributed by atoms with Gasteiger partial charge in [-0.2, -0.15) is 4.31 Å². The maximum absolute atomic E-state index is 13.0. The van der Waals surface area contributed by atoms with Gasteiger partial charge in [0.25, 0.3) is 5.91 Å². The predicted octanol–water partition coefficient (Wildman–Crippen LogP) is 1.53. The largest absolute Gasteiger partial charge is 0.457 e. The van der Waals surface area contributed by atoms with Gasteiger partial charge in [-0.25, -0.2) is 17.6 Å². The summed E-state index contributed by atoms with van der Waals surface area (Å²) >= 11 is 0. The number of halogens is 1. The number of sulfonamides is 1. The van der Waals surface area contributed by atoms with E-state index in [2.05, 4.69) is 16.0 Å². The zero-order valence-electron chi connectivity index (χ0n) is 16.4. The van der Waals surface area contributed by atoms with E-state index in [1.807, 2.05) is 0 Å². The van der Waals surface area contributed by atoms with E-state index >= 15 is 0 Å². The number of imide groups is 1. The number of carbonyl (C=O) groups excluding carboxylic acids is 2. The number of hydrogen-bond donors (Lipinski definition) is 3. The smallest absolute Gasteiger partial charge is 0.322 e. The molecule has 3 N–H and O–H groups in total. The zero-order chi connectivity index (χ0) is 22.0. The van der Waals surface area contributed by atoms with E-state index in [1.165, 1.54) is 52.8 Å². The molecule has 9 nitrogen and oxygen atoms in total. The molecule has 0 saturated carbocycles. The van der Waals surface area contributed by atoms with E-state index in [-0.39, 0.29) is 30.0 Å². The monoisotopic (exact) mass is 448 g/mol. The lowest BCUT2D eigenvalue weighted by molar-refractivity contribution is -0.120. The Morgan fingerprint density at radius 2 is 1.65 bits per heavy atom. The van der Waals surface area contributed by atoms with Gasteiger partial charge in [-0.1, -0.05) is 0 Å². The molecule has 2 fully saturated rings. The van der Waals surface area contributed by atoms with Crippen molar-refractivity contribution in [3.8, 4) is 11.5 Å². The van der Waals surface area contributed by atoms with Crippen LogP contribution >= 0.6 is 0 Å². The molecule has 2 aliphatic heterocycles. The number of hydrogen-bond acceptors (Lipinski definition) is 6. The van der Waals surface area contributed by atoms with E-state index < -0.39 is 28.0 Å². The quantitative estimate of drug-likeness (QED) is 0.598. The standard InChI is InChI=1S/C20H21FN4O5S/c21-13-3-5-14(6-4-13)30-15-7-9-16(10-8-15)31(28,29)25-11-1-2-17(22-12-25)18-19(26)24-20(27)23-18/h3-10,17-18,22H,1-2,11-12H2,(H2,23,24,26,27). The van der Waals surface area contributed by atoms with Crippen LogP contribution in [0.5, 0.6) is 11.5 Å². The fraction of sp³-hybridized carbons (Fsp3) is 0.300. The van der Waals surface area contributed by atoms with Gasteiger partial charge in [0.05, 0.1) is 11.6 Å². The lowest BCUT2D eigenvalue weighted by atomic mass is 10.0. The number of ether oxygens (including phenoxy) is 1. The summed E-state index contributed by atoms with van der Waals surface area (Å²) < 4.78 is 46.0. The first-order chi connectivity index (χ1) is 14.8. The Morgan fingerprint density at radius 1 is 1.00 bits per heavy atom. The van der Waals surface area contributed by atoms with Crippen molar-refractivity contribution in [3.05, 3.63) is 54.3 Å². The Balaban J connectivity index is 1.42. The molecular weight excluding hydrogens is 427 g/mol. The third kappa shape index (κ3) is 4.68. The van der Waals surface area contributed by atoms with Crippen LogP contribution in [0.2, 0.25) is 0 Å². The second-order valence-electron chi connectivity index (χ2n) is 7.26. The minimum Gasteiger partial charge on any atom is -0.457 e. The SMILES string of the molecule is O=C1NC(=O)C(C2CCCN(S(=O)(=O)c3ccc(Oc4ccc(F)cc4)cc3)CN2)N1. The van der Waals surface area contributed by atoms with E-state index in [0.29, 0.717) is 24.3 Å². The van der Waals surface area contributed by atoms with Crippen molar-refractivity contribution in [2.45, 2.75) is 29.8 Å². The van der Waals surface area contributed by atoms with Gasteiger partial charge in [-0.3, -0.25) is 15.4 Å². The van der Waals surface area contributed by atoms with Crippen LogP contribution in [0.3, 0.4) is 0 Å². The lowest BCUT2D eigenvalue weighted by Crippen LogP contribution is -2.50. The lowest BCUT2D eigenvalue weighted by Gasteiger charge is -2.23. The third-order valence-electron chi connectivity index (χ3n) is 5.17. The number of urea groups is 1. The van der Waals surface area contributed by atoms with Crippen molar-refractivity contribution < 1.29 is 27.1 Å². The highest BCUT2D eigenvalue weighted by Gasteiger charge is 2.38. The van der Waals surface area contributed by atoms with Gasteiger partial charge < -0.3 is 10.1 Å². The van der Waals surface area contributed by atoms with Crippen LogP contribution in [-0.4, -0.2) is 50.0 Å². The molecule has 2 aromatic carbocycles. The third-order valence-corrected chi connectivity index (χ3v) is 7.03. The highest BCUT2D eigenvalue weighted by Crippen LogP contribution is 2.25. The molecule has 11 heteroatoms. The first-order valence-electron chi connectivity index (χ1n) is 9.71. The molecular formula is C20H21FN4O5S. The zero-order valence-corrected chi connectivity index (χ0v) is 17.2. The Labute approximate surface area is 178 Å². The number of carbonyl (C=O) groups is 2. The van der Waals surface area contributed by atoms with Gasteiger partial charge in [0.2, 0.25) is 10.0 Å². The minimum absolute atomic E-state index is 0.0144. The topological polar surface area (TPSA) is 117 Å². The van der Waals surface area contributed by atoms with Gasteiger partial charge in [-0.05, 0) is 61.4 Å². The molecule has 0 bridgehead atoms. The summed E-state index contributed by atoms with van der Waals surface area (Å²) in [5, 5.41) is 7.80. The summed E-state index contributed by atoms with van der Waals surface area (Å²) in [6, 6.07) is 9.82. The van der Waals surface area contributed by atoms with Gasteiger partial charge in [0.1, 0.15) is 23.4 Å². The predicted molar refractivity (Wildman–Crippen MR) is 108 cm³/mol. The van der Waals surface area contributed by atoms with Crippen LogP contribution in [0.1, 0.15) is 12.8 Å². The molecule has 0 aromatic heterocycles. The molecule has 2 heterocycles. The number of amides is 3. The number of nitrogens with one attached hydrogen (secondary N) is 3. The van der Waals surface area contributed by atoms with E-state index in [0.717, 1.165) is 0 Å². The van der Waals surface area contributed by atoms with Crippen molar-refractivity contribution in [2.75, 3.05) is 13.2 Å². The summed E-state index contributed by atoms with van der Waals surface area (Å²) in [5.41, 5.74) is 0. The molecule has 2 unspecified atom stereocenters. The van der Waals surface area contributed by atoms with Crippen molar-refractivity contribution >= 4 is 22.0 Å². The second-order valence-corrected chi connectivity index (χ2v) is 9.20. The number of benzene rings is 2.